The lowest BCUT2D eigenvalue weighted by atomic mass is 10.1. The third kappa shape index (κ3) is 4.09. The van der Waals surface area contributed by atoms with Gasteiger partial charge in [0.25, 0.3) is 0 Å². The minimum absolute atomic E-state index is 0.0788. The Bertz CT molecular complexity index is 860. The Morgan fingerprint density at radius 2 is 1.88 bits per heavy atom. The van der Waals surface area contributed by atoms with E-state index in [9.17, 15) is 4.79 Å². The number of hydrogen-bond acceptors (Lipinski definition) is 4. The number of hydrogen-bond donors (Lipinski definition) is 2. The fourth-order valence-corrected chi connectivity index (χ4v) is 2.60. The van der Waals surface area contributed by atoms with Crippen LogP contribution >= 0.6 is 0 Å². The van der Waals surface area contributed by atoms with E-state index >= 15 is 0 Å². The van der Waals surface area contributed by atoms with Gasteiger partial charge in [0.1, 0.15) is 6.10 Å². The van der Waals surface area contributed by atoms with E-state index in [-0.39, 0.29) is 18.4 Å². The summed E-state index contributed by atoms with van der Waals surface area (Å²) in [6.45, 7) is 2.31. The number of aromatic nitrogens is 2. The van der Waals surface area contributed by atoms with Crippen LogP contribution in [0, 0.1) is 0 Å². The lowest BCUT2D eigenvalue weighted by Gasteiger charge is -2.17. The van der Waals surface area contributed by atoms with E-state index in [1.54, 1.807) is 7.11 Å². The largest absolute Gasteiger partial charge is 0.493 e. The van der Waals surface area contributed by atoms with Crippen molar-refractivity contribution in [3.63, 3.8) is 0 Å². The fourth-order valence-electron chi connectivity index (χ4n) is 2.60. The van der Waals surface area contributed by atoms with E-state index in [1.165, 1.54) is 0 Å². The predicted octanol–water partition coefficient (Wildman–Crippen LogP) is 2.70. The maximum absolute atomic E-state index is 12.2. The molecule has 0 radical (unpaired) electrons. The number of amides is 1. The molecule has 0 aliphatic carbocycles. The molecular weight excluding hydrogens is 318 g/mol. The molecule has 0 bridgehead atoms. The summed E-state index contributed by atoms with van der Waals surface area (Å²) in [5.74, 6) is 1.25. The number of rotatable bonds is 7. The van der Waals surface area contributed by atoms with E-state index in [1.807, 2.05) is 55.5 Å². The van der Waals surface area contributed by atoms with Crippen LogP contribution in [0.5, 0.6) is 11.5 Å². The molecule has 2 aromatic carbocycles. The Hall–Kier alpha value is -3.02. The zero-order valence-corrected chi connectivity index (χ0v) is 14.3. The number of nitrogens with one attached hydrogen (secondary N) is 2. The number of carbonyl (C=O) groups excluding carboxylic acids is 1. The summed E-state index contributed by atoms with van der Waals surface area (Å²) < 4.78 is 11.1. The van der Waals surface area contributed by atoms with Gasteiger partial charge in [-0.05, 0) is 25.1 Å². The van der Waals surface area contributed by atoms with Gasteiger partial charge in [0.15, 0.2) is 11.5 Å². The zero-order chi connectivity index (χ0) is 17.6. The van der Waals surface area contributed by atoms with E-state index in [2.05, 4.69) is 15.5 Å². The lowest BCUT2D eigenvalue weighted by molar-refractivity contribution is -0.120. The summed E-state index contributed by atoms with van der Waals surface area (Å²) in [4.78, 5) is 12.2. The van der Waals surface area contributed by atoms with E-state index in [4.69, 9.17) is 9.47 Å². The van der Waals surface area contributed by atoms with Crippen LogP contribution in [0.4, 0.5) is 0 Å². The lowest BCUT2D eigenvalue weighted by Crippen LogP contribution is -2.34. The van der Waals surface area contributed by atoms with Gasteiger partial charge in [-0.2, -0.15) is 5.10 Å². The highest BCUT2D eigenvalue weighted by Gasteiger charge is 2.12. The van der Waals surface area contributed by atoms with Gasteiger partial charge in [-0.3, -0.25) is 9.89 Å². The summed E-state index contributed by atoms with van der Waals surface area (Å²) in [5.41, 5.74) is 1.67. The Labute approximate surface area is 146 Å². The van der Waals surface area contributed by atoms with Crippen molar-refractivity contribution < 1.29 is 14.3 Å². The van der Waals surface area contributed by atoms with Crippen molar-refractivity contribution in [3.05, 3.63) is 54.2 Å². The molecule has 1 heterocycles. The first-order chi connectivity index (χ1) is 12.2. The number of benzene rings is 2. The van der Waals surface area contributed by atoms with Gasteiger partial charge < -0.3 is 14.8 Å². The van der Waals surface area contributed by atoms with Crippen molar-refractivity contribution in [1.82, 2.24) is 15.5 Å². The van der Waals surface area contributed by atoms with Crippen LogP contribution in [0.1, 0.15) is 12.6 Å². The Morgan fingerprint density at radius 3 is 2.68 bits per heavy atom. The first-order valence-electron chi connectivity index (χ1n) is 8.15. The summed E-state index contributed by atoms with van der Waals surface area (Å²) in [6, 6.07) is 15.2. The van der Waals surface area contributed by atoms with Gasteiger partial charge in [-0.1, -0.05) is 30.3 Å². The number of methoxy groups -OCH3 is 1. The average molecular weight is 339 g/mol. The molecule has 2 N–H and O–H groups in total. The molecule has 3 rings (SSSR count). The average Bonchev–Trinajstić information content (AvgIpc) is 3.03. The minimum Gasteiger partial charge on any atom is -0.493 e. The molecule has 0 saturated carbocycles. The molecule has 25 heavy (non-hydrogen) atoms. The molecule has 3 aromatic rings. The van der Waals surface area contributed by atoms with Crippen LogP contribution in [0.25, 0.3) is 10.9 Å². The quantitative estimate of drug-likeness (QED) is 0.694. The molecule has 1 aromatic heterocycles. The molecule has 130 valence electrons. The topological polar surface area (TPSA) is 76.2 Å². The van der Waals surface area contributed by atoms with E-state index < -0.39 is 0 Å². The van der Waals surface area contributed by atoms with Crippen LogP contribution in [-0.2, 0) is 11.2 Å². The Balaban J connectivity index is 1.53. The molecule has 0 aliphatic rings. The van der Waals surface area contributed by atoms with Crippen molar-refractivity contribution in [3.8, 4) is 11.5 Å². The molecule has 0 saturated heterocycles. The highest BCUT2D eigenvalue weighted by Crippen LogP contribution is 2.26. The summed E-state index contributed by atoms with van der Waals surface area (Å²) in [7, 11) is 1.60. The standard InChI is InChI=1S/C19H21N3O3/c1-13(25-18-10-6-5-9-17(18)24-2)12-20-19(23)11-16-14-7-3-4-8-15(14)21-22-16/h3-10,13H,11-12H2,1-2H3,(H,20,23)(H,21,22)/t13-/m1/s1. The number of carbonyl (C=O) groups is 1. The normalized spacial score (nSPS) is 11.9. The van der Waals surface area contributed by atoms with Gasteiger partial charge in [0, 0.05) is 5.39 Å². The molecule has 0 unspecified atom stereocenters. The van der Waals surface area contributed by atoms with Crippen LogP contribution in [0.2, 0.25) is 0 Å². The zero-order valence-electron chi connectivity index (χ0n) is 14.3. The van der Waals surface area contributed by atoms with Crippen molar-refractivity contribution in [2.75, 3.05) is 13.7 Å². The van der Waals surface area contributed by atoms with Gasteiger partial charge in [-0.15, -0.1) is 0 Å². The van der Waals surface area contributed by atoms with Crippen LogP contribution in [0.3, 0.4) is 0 Å². The molecule has 6 nitrogen and oxygen atoms in total. The second-order valence-electron chi connectivity index (χ2n) is 5.78. The number of para-hydroxylation sites is 3. The van der Waals surface area contributed by atoms with Crippen molar-refractivity contribution >= 4 is 16.8 Å². The molecule has 0 spiro atoms. The second kappa shape index (κ2) is 7.70. The number of fused-ring (bicyclic) bond motifs is 1. The summed E-state index contributed by atoms with van der Waals surface area (Å²) in [6.07, 6.45) is 0.0702. The van der Waals surface area contributed by atoms with Crippen LogP contribution < -0.4 is 14.8 Å². The minimum atomic E-state index is -0.182. The first kappa shape index (κ1) is 16.8. The van der Waals surface area contributed by atoms with Crippen LogP contribution in [0.15, 0.2) is 48.5 Å². The second-order valence-corrected chi connectivity index (χ2v) is 5.78. The number of ether oxygens (including phenoxy) is 2. The molecule has 0 fully saturated rings. The molecule has 1 amide bonds. The molecule has 6 heteroatoms. The monoisotopic (exact) mass is 339 g/mol. The summed E-state index contributed by atoms with van der Waals surface area (Å²) >= 11 is 0. The van der Waals surface area contributed by atoms with Crippen molar-refractivity contribution in [2.45, 2.75) is 19.4 Å². The predicted molar refractivity (Wildman–Crippen MR) is 95.9 cm³/mol. The molecule has 1 atom stereocenters. The first-order valence-corrected chi connectivity index (χ1v) is 8.15. The fraction of sp³-hybridized carbons (Fsp3) is 0.263. The van der Waals surface area contributed by atoms with E-state index in [0.29, 0.717) is 18.0 Å². The third-order valence-corrected chi connectivity index (χ3v) is 3.86. The molecule has 0 aliphatic heterocycles. The van der Waals surface area contributed by atoms with Gasteiger partial charge in [-0.25, -0.2) is 0 Å². The summed E-state index contributed by atoms with van der Waals surface area (Å²) in [5, 5.41) is 11.0. The maximum atomic E-state index is 12.2. The van der Waals surface area contributed by atoms with Crippen molar-refractivity contribution in [1.29, 1.82) is 0 Å². The number of aromatic amines is 1. The van der Waals surface area contributed by atoms with Gasteiger partial charge >= 0.3 is 0 Å². The van der Waals surface area contributed by atoms with Crippen LogP contribution in [-0.4, -0.2) is 35.9 Å². The highest BCUT2D eigenvalue weighted by atomic mass is 16.5. The molecular formula is C19H21N3O3. The van der Waals surface area contributed by atoms with Gasteiger partial charge in [0.05, 0.1) is 31.3 Å². The number of nitrogens with zero attached hydrogens (tertiary/aromatic N) is 1. The van der Waals surface area contributed by atoms with E-state index in [0.717, 1.165) is 16.6 Å². The highest BCUT2D eigenvalue weighted by molar-refractivity contribution is 5.87. The van der Waals surface area contributed by atoms with Gasteiger partial charge in [0.2, 0.25) is 5.91 Å². The SMILES string of the molecule is COc1ccccc1O[C@H](C)CNC(=O)Cc1[nH]nc2ccccc12. The third-order valence-electron chi connectivity index (χ3n) is 3.86. The Kier molecular flexibility index (Phi) is 5.18. The smallest absolute Gasteiger partial charge is 0.226 e. The van der Waals surface area contributed by atoms with Crippen molar-refractivity contribution in [2.24, 2.45) is 0 Å². The maximum Gasteiger partial charge on any atom is 0.226 e. The number of H-pyrrole nitrogens is 1. The Morgan fingerprint density at radius 1 is 1.16 bits per heavy atom.